The highest BCUT2D eigenvalue weighted by Gasteiger charge is 2.10. The summed E-state index contributed by atoms with van der Waals surface area (Å²) in [7, 11) is 1.60. The Balaban J connectivity index is 2.72. The Kier molecular flexibility index (Phi) is 5.26. The molecule has 1 heterocycles. The number of aliphatic hydroxyl groups is 1. The summed E-state index contributed by atoms with van der Waals surface area (Å²) >= 11 is 0. The van der Waals surface area contributed by atoms with Gasteiger partial charge in [0.05, 0.1) is 30.1 Å². The first-order chi connectivity index (χ1) is 7.81. The summed E-state index contributed by atoms with van der Waals surface area (Å²) in [6, 6.07) is 3.70. The SMILES string of the molecule is COCC(CCO)Nc1cnccc1C#N. The molecule has 1 rings (SSSR count). The highest BCUT2D eigenvalue weighted by Crippen LogP contribution is 2.14. The number of nitrogens with one attached hydrogen (secondary N) is 1. The van der Waals surface area contributed by atoms with Crippen molar-refractivity contribution in [2.75, 3.05) is 25.6 Å². The molecule has 0 aliphatic carbocycles. The molecular weight excluding hydrogens is 206 g/mol. The third kappa shape index (κ3) is 3.50. The number of nitriles is 1. The van der Waals surface area contributed by atoms with E-state index in [0.717, 1.165) is 0 Å². The molecule has 1 unspecified atom stereocenters. The first-order valence-corrected chi connectivity index (χ1v) is 5.02. The van der Waals surface area contributed by atoms with Gasteiger partial charge >= 0.3 is 0 Å². The summed E-state index contributed by atoms with van der Waals surface area (Å²) in [4.78, 5) is 3.95. The fraction of sp³-hybridized carbons (Fsp3) is 0.455. The summed E-state index contributed by atoms with van der Waals surface area (Å²) in [6.45, 7) is 0.545. The smallest absolute Gasteiger partial charge is 0.101 e. The molecule has 1 aromatic heterocycles. The summed E-state index contributed by atoms with van der Waals surface area (Å²) in [5.41, 5.74) is 1.20. The number of nitrogens with zero attached hydrogens (tertiary/aromatic N) is 2. The number of hydrogen-bond donors (Lipinski definition) is 2. The fourth-order valence-electron chi connectivity index (χ4n) is 1.38. The van der Waals surface area contributed by atoms with Crippen LogP contribution in [0.5, 0.6) is 0 Å². The monoisotopic (exact) mass is 221 g/mol. The van der Waals surface area contributed by atoms with Gasteiger partial charge in [-0.25, -0.2) is 0 Å². The van der Waals surface area contributed by atoms with Crippen molar-refractivity contribution < 1.29 is 9.84 Å². The predicted octanol–water partition coefficient (Wildman–Crippen LogP) is 0.763. The third-order valence-corrected chi connectivity index (χ3v) is 2.15. The van der Waals surface area contributed by atoms with Gasteiger partial charge in [-0.2, -0.15) is 5.26 Å². The second-order valence-corrected chi connectivity index (χ2v) is 3.34. The minimum atomic E-state index is -0.0219. The van der Waals surface area contributed by atoms with Crippen LogP contribution in [0.15, 0.2) is 18.5 Å². The Morgan fingerprint density at radius 2 is 2.50 bits per heavy atom. The average molecular weight is 221 g/mol. The Morgan fingerprint density at radius 1 is 1.69 bits per heavy atom. The van der Waals surface area contributed by atoms with Crippen LogP contribution in [0.1, 0.15) is 12.0 Å². The van der Waals surface area contributed by atoms with Gasteiger partial charge in [0.15, 0.2) is 0 Å². The van der Waals surface area contributed by atoms with Crippen LogP contribution in [-0.4, -0.2) is 36.5 Å². The minimum absolute atomic E-state index is 0.0219. The normalized spacial score (nSPS) is 11.8. The Bertz CT molecular complexity index is 356. The molecule has 5 nitrogen and oxygen atoms in total. The Hall–Kier alpha value is -1.64. The summed E-state index contributed by atoms with van der Waals surface area (Å²) < 4.78 is 5.03. The lowest BCUT2D eigenvalue weighted by Crippen LogP contribution is -2.26. The number of methoxy groups -OCH3 is 1. The molecule has 0 aliphatic heterocycles. The van der Waals surface area contributed by atoms with Crippen molar-refractivity contribution in [3.05, 3.63) is 24.0 Å². The standard InChI is InChI=1S/C11H15N3O2/c1-16-8-10(3-5-15)14-11-7-13-4-2-9(11)6-12/h2,4,7,10,14-15H,3,5,8H2,1H3. The largest absolute Gasteiger partial charge is 0.396 e. The highest BCUT2D eigenvalue weighted by atomic mass is 16.5. The van der Waals surface area contributed by atoms with Gasteiger partial charge in [0.2, 0.25) is 0 Å². The van der Waals surface area contributed by atoms with Crippen LogP contribution in [0, 0.1) is 11.3 Å². The van der Waals surface area contributed by atoms with E-state index in [2.05, 4.69) is 16.4 Å². The van der Waals surface area contributed by atoms with E-state index in [1.54, 1.807) is 25.6 Å². The van der Waals surface area contributed by atoms with Crippen molar-refractivity contribution in [1.29, 1.82) is 5.26 Å². The van der Waals surface area contributed by atoms with E-state index in [-0.39, 0.29) is 12.6 Å². The van der Waals surface area contributed by atoms with Crippen LogP contribution in [0.3, 0.4) is 0 Å². The molecule has 0 amide bonds. The zero-order chi connectivity index (χ0) is 11.8. The predicted molar refractivity (Wildman–Crippen MR) is 59.9 cm³/mol. The molecule has 0 fully saturated rings. The van der Waals surface area contributed by atoms with Gasteiger partial charge in [0.1, 0.15) is 6.07 Å². The number of anilines is 1. The van der Waals surface area contributed by atoms with Crippen molar-refractivity contribution >= 4 is 5.69 Å². The molecule has 16 heavy (non-hydrogen) atoms. The van der Waals surface area contributed by atoms with E-state index >= 15 is 0 Å². The molecule has 1 atom stereocenters. The van der Waals surface area contributed by atoms with E-state index in [0.29, 0.717) is 24.3 Å². The van der Waals surface area contributed by atoms with Crippen molar-refractivity contribution in [2.24, 2.45) is 0 Å². The van der Waals surface area contributed by atoms with Gasteiger partial charge in [-0.1, -0.05) is 0 Å². The van der Waals surface area contributed by atoms with Crippen LogP contribution in [-0.2, 0) is 4.74 Å². The van der Waals surface area contributed by atoms with Crippen LogP contribution in [0.25, 0.3) is 0 Å². The van der Waals surface area contributed by atoms with E-state index in [9.17, 15) is 0 Å². The quantitative estimate of drug-likeness (QED) is 0.741. The molecule has 0 spiro atoms. The second-order valence-electron chi connectivity index (χ2n) is 3.34. The van der Waals surface area contributed by atoms with Gasteiger partial charge in [0.25, 0.3) is 0 Å². The summed E-state index contributed by atoms with van der Waals surface area (Å²) in [6.07, 6.45) is 3.73. The zero-order valence-corrected chi connectivity index (χ0v) is 9.18. The molecule has 2 N–H and O–H groups in total. The number of aliphatic hydroxyl groups excluding tert-OH is 1. The maximum absolute atomic E-state index is 8.89. The van der Waals surface area contributed by atoms with Gasteiger partial charge in [-0.15, -0.1) is 0 Å². The zero-order valence-electron chi connectivity index (χ0n) is 9.18. The van der Waals surface area contributed by atoms with Gasteiger partial charge in [0, 0.05) is 19.9 Å². The van der Waals surface area contributed by atoms with Gasteiger partial charge in [-0.05, 0) is 12.5 Å². The lowest BCUT2D eigenvalue weighted by molar-refractivity contribution is 0.170. The fourth-order valence-corrected chi connectivity index (χ4v) is 1.38. The number of pyridine rings is 1. The average Bonchev–Trinajstić information content (AvgIpc) is 2.30. The third-order valence-electron chi connectivity index (χ3n) is 2.15. The molecule has 0 saturated carbocycles. The van der Waals surface area contributed by atoms with E-state index in [4.69, 9.17) is 15.1 Å². The van der Waals surface area contributed by atoms with Crippen molar-refractivity contribution in [3.8, 4) is 6.07 Å². The lowest BCUT2D eigenvalue weighted by Gasteiger charge is -2.18. The van der Waals surface area contributed by atoms with Gasteiger partial charge < -0.3 is 15.2 Å². The van der Waals surface area contributed by atoms with Gasteiger partial charge in [-0.3, -0.25) is 4.98 Å². The molecule has 5 heteroatoms. The molecule has 0 radical (unpaired) electrons. The van der Waals surface area contributed by atoms with E-state index < -0.39 is 0 Å². The number of aromatic nitrogens is 1. The number of ether oxygens (including phenoxy) is 1. The van der Waals surface area contributed by atoms with Crippen LogP contribution in [0.4, 0.5) is 5.69 Å². The Labute approximate surface area is 94.7 Å². The van der Waals surface area contributed by atoms with Crippen molar-refractivity contribution in [3.63, 3.8) is 0 Å². The second kappa shape index (κ2) is 6.77. The lowest BCUT2D eigenvalue weighted by atomic mass is 10.2. The number of rotatable bonds is 6. The first-order valence-electron chi connectivity index (χ1n) is 5.02. The van der Waals surface area contributed by atoms with Crippen LogP contribution in [0.2, 0.25) is 0 Å². The summed E-state index contributed by atoms with van der Waals surface area (Å²) in [5.74, 6) is 0. The van der Waals surface area contributed by atoms with Crippen LogP contribution >= 0.6 is 0 Å². The molecular formula is C11H15N3O2. The molecule has 0 aromatic carbocycles. The Morgan fingerprint density at radius 3 is 3.12 bits per heavy atom. The van der Waals surface area contributed by atoms with E-state index in [1.165, 1.54) is 0 Å². The maximum Gasteiger partial charge on any atom is 0.101 e. The molecule has 1 aromatic rings. The van der Waals surface area contributed by atoms with Crippen molar-refractivity contribution in [1.82, 2.24) is 4.98 Å². The first kappa shape index (κ1) is 12.4. The van der Waals surface area contributed by atoms with Crippen LogP contribution < -0.4 is 5.32 Å². The molecule has 86 valence electrons. The summed E-state index contributed by atoms with van der Waals surface area (Å²) in [5, 5.41) is 20.9. The minimum Gasteiger partial charge on any atom is -0.396 e. The molecule has 0 aliphatic rings. The highest BCUT2D eigenvalue weighted by molar-refractivity contribution is 5.55. The number of hydrogen-bond acceptors (Lipinski definition) is 5. The molecule has 0 saturated heterocycles. The topological polar surface area (TPSA) is 78.2 Å². The maximum atomic E-state index is 8.89. The molecule has 0 bridgehead atoms. The van der Waals surface area contributed by atoms with E-state index in [1.807, 2.05) is 0 Å². The van der Waals surface area contributed by atoms with Crippen molar-refractivity contribution in [2.45, 2.75) is 12.5 Å².